The molecule has 0 aromatic heterocycles. The van der Waals surface area contributed by atoms with Crippen molar-refractivity contribution in [2.45, 2.75) is 65.4 Å². The molecule has 2 atom stereocenters. The van der Waals surface area contributed by atoms with Gasteiger partial charge in [-0.15, -0.1) is 0 Å². The van der Waals surface area contributed by atoms with Gasteiger partial charge in [0.2, 0.25) is 0 Å². The first-order chi connectivity index (χ1) is 13.4. The molecule has 1 aliphatic carbocycles. The fraction of sp³-hybridized carbons (Fsp3) is 0.522. The van der Waals surface area contributed by atoms with Crippen molar-refractivity contribution in [2.75, 3.05) is 6.61 Å². The smallest absolute Gasteiger partial charge is 0.336 e. The van der Waals surface area contributed by atoms with Crippen LogP contribution < -0.4 is 4.74 Å². The number of aliphatic imine (C=N–C) groups is 1. The molecular formula is C23H29NO4. The van der Waals surface area contributed by atoms with Crippen LogP contribution in [0.2, 0.25) is 0 Å². The fourth-order valence-electron chi connectivity index (χ4n) is 4.08. The Labute approximate surface area is 166 Å². The summed E-state index contributed by atoms with van der Waals surface area (Å²) in [7, 11) is 0. The van der Waals surface area contributed by atoms with Crippen LogP contribution in [0.5, 0.6) is 5.75 Å². The highest BCUT2D eigenvalue weighted by Crippen LogP contribution is 2.45. The Morgan fingerprint density at radius 3 is 2.68 bits per heavy atom. The lowest BCUT2D eigenvalue weighted by Gasteiger charge is -2.36. The molecule has 1 aromatic carbocycles. The number of ether oxygens (including phenoxy) is 2. The molecule has 5 nitrogen and oxygen atoms in total. The van der Waals surface area contributed by atoms with E-state index in [2.05, 4.69) is 4.99 Å². The van der Waals surface area contributed by atoms with E-state index in [1.54, 1.807) is 0 Å². The monoisotopic (exact) mass is 383 g/mol. The summed E-state index contributed by atoms with van der Waals surface area (Å²) in [4.78, 5) is 30.6. The van der Waals surface area contributed by atoms with E-state index < -0.39 is 17.8 Å². The van der Waals surface area contributed by atoms with Crippen LogP contribution in [-0.4, -0.2) is 30.2 Å². The predicted octanol–water partition coefficient (Wildman–Crippen LogP) is 4.61. The highest BCUT2D eigenvalue weighted by molar-refractivity contribution is 6.11. The average Bonchev–Trinajstić information content (AvgIpc) is 2.65. The Kier molecular flexibility index (Phi) is 6.32. The molecule has 150 valence electrons. The van der Waals surface area contributed by atoms with Crippen molar-refractivity contribution in [3.63, 3.8) is 0 Å². The topological polar surface area (TPSA) is 65.0 Å². The summed E-state index contributed by atoms with van der Waals surface area (Å²) in [6.07, 6.45) is 2.75. The van der Waals surface area contributed by atoms with Crippen LogP contribution in [0.15, 0.2) is 40.5 Å². The molecule has 5 heteroatoms. The zero-order valence-electron chi connectivity index (χ0n) is 17.2. The van der Waals surface area contributed by atoms with Crippen molar-refractivity contribution in [3.8, 4) is 5.75 Å². The molecule has 0 spiro atoms. The molecule has 0 amide bonds. The first-order valence-corrected chi connectivity index (χ1v) is 10.2. The van der Waals surface area contributed by atoms with Gasteiger partial charge in [-0.2, -0.15) is 0 Å². The second-order valence-electron chi connectivity index (χ2n) is 7.72. The number of nitrogens with zero attached hydrogens (tertiary/aromatic N) is 1. The highest BCUT2D eigenvalue weighted by atomic mass is 16.5. The van der Waals surface area contributed by atoms with Crippen molar-refractivity contribution in [3.05, 3.63) is 41.1 Å². The molecule has 2 aliphatic rings. The van der Waals surface area contributed by atoms with E-state index in [-0.39, 0.29) is 11.9 Å². The van der Waals surface area contributed by atoms with Gasteiger partial charge in [0.05, 0.1) is 24.2 Å². The number of benzene rings is 1. The van der Waals surface area contributed by atoms with E-state index in [4.69, 9.17) is 9.47 Å². The molecule has 1 fully saturated rings. The Morgan fingerprint density at radius 1 is 1.21 bits per heavy atom. The zero-order chi connectivity index (χ0) is 20.3. The number of para-hydroxylation sites is 1. The van der Waals surface area contributed by atoms with Crippen molar-refractivity contribution >= 4 is 17.5 Å². The second kappa shape index (κ2) is 8.72. The minimum Gasteiger partial charge on any atom is -0.493 e. The number of carbonyl (C=O) groups is 2. The van der Waals surface area contributed by atoms with Gasteiger partial charge in [-0.25, -0.2) is 4.79 Å². The summed E-state index contributed by atoms with van der Waals surface area (Å²) in [5.74, 6) is -0.374. The van der Waals surface area contributed by atoms with Gasteiger partial charge in [-0.05, 0) is 46.1 Å². The maximum Gasteiger partial charge on any atom is 0.336 e. The van der Waals surface area contributed by atoms with Crippen LogP contribution in [0.25, 0.3) is 0 Å². The van der Waals surface area contributed by atoms with E-state index in [1.807, 2.05) is 52.0 Å². The summed E-state index contributed by atoms with van der Waals surface area (Å²) < 4.78 is 11.5. The van der Waals surface area contributed by atoms with Crippen LogP contribution in [0, 0.1) is 5.92 Å². The predicted molar refractivity (Wildman–Crippen MR) is 109 cm³/mol. The van der Waals surface area contributed by atoms with Gasteiger partial charge < -0.3 is 9.47 Å². The molecule has 0 bridgehead atoms. The Morgan fingerprint density at radius 2 is 1.96 bits per heavy atom. The molecule has 3 rings (SSSR count). The van der Waals surface area contributed by atoms with Gasteiger partial charge in [0, 0.05) is 29.3 Å². The van der Waals surface area contributed by atoms with E-state index in [1.165, 1.54) is 0 Å². The number of fused-ring (bicyclic) bond motifs is 1. The van der Waals surface area contributed by atoms with E-state index in [0.29, 0.717) is 24.3 Å². The summed E-state index contributed by atoms with van der Waals surface area (Å²) >= 11 is 0. The standard InChI is InChI=1S/C23H29NO4/c1-5-13-27-19-12-7-6-9-16(19)21-20(23(26)28-14(2)3)15(4)24-17-10-8-11-18(25)22(17)21/h6-7,9,12,14,21-22H,5,8,10-11,13H2,1-4H3/t21-,22?/m0/s1. The largest absolute Gasteiger partial charge is 0.493 e. The van der Waals surface area contributed by atoms with Crippen LogP contribution in [0.4, 0.5) is 0 Å². The first-order valence-electron chi connectivity index (χ1n) is 10.2. The highest BCUT2D eigenvalue weighted by Gasteiger charge is 2.44. The number of esters is 1. The lowest BCUT2D eigenvalue weighted by Crippen LogP contribution is -2.39. The van der Waals surface area contributed by atoms with Crippen molar-refractivity contribution in [1.82, 2.24) is 0 Å². The van der Waals surface area contributed by atoms with Crippen LogP contribution in [0.3, 0.4) is 0 Å². The molecule has 1 saturated carbocycles. The lowest BCUT2D eigenvalue weighted by atomic mass is 9.69. The van der Waals surface area contributed by atoms with Gasteiger partial charge in [-0.1, -0.05) is 25.1 Å². The van der Waals surface area contributed by atoms with E-state index >= 15 is 0 Å². The van der Waals surface area contributed by atoms with Crippen LogP contribution >= 0.6 is 0 Å². The number of ketones is 1. The summed E-state index contributed by atoms with van der Waals surface area (Å²) in [5, 5.41) is 0. The Balaban J connectivity index is 2.14. The number of hydrogen-bond acceptors (Lipinski definition) is 5. The minimum atomic E-state index is -0.418. The third kappa shape index (κ3) is 4.03. The minimum absolute atomic E-state index is 0.141. The fourth-order valence-corrected chi connectivity index (χ4v) is 4.08. The maximum absolute atomic E-state index is 13.0. The first kappa shape index (κ1) is 20.3. The number of carbonyl (C=O) groups excluding carboxylic acids is 2. The summed E-state index contributed by atoms with van der Waals surface area (Å²) in [6.45, 7) is 8.11. The number of Topliss-reactive ketones (excluding diaryl/α,β-unsaturated/α-hetero) is 1. The molecular weight excluding hydrogens is 354 g/mol. The lowest BCUT2D eigenvalue weighted by molar-refractivity contribution is -0.143. The van der Waals surface area contributed by atoms with Gasteiger partial charge in [0.15, 0.2) is 0 Å². The Bertz CT molecular complexity index is 822. The summed E-state index contributed by atoms with van der Waals surface area (Å²) in [5.41, 5.74) is 2.86. The normalized spacial score (nSPS) is 22.0. The third-order valence-corrected chi connectivity index (χ3v) is 5.19. The van der Waals surface area contributed by atoms with Crippen LogP contribution in [-0.2, 0) is 14.3 Å². The van der Waals surface area contributed by atoms with Crippen molar-refractivity contribution in [1.29, 1.82) is 0 Å². The third-order valence-electron chi connectivity index (χ3n) is 5.19. The molecule has 1 unspecified atom stereocenters. The number of rotatable bonds is 6. The van der Waals surface area contributed by atoms with Gasteiger partial charge in [-0.3, -0.25) is 9.79 Å². The van der Waals surface area contributed by atoms with Crippen molar-refractivity contribution in [2.24, 2.45) is 10.9 Å². The van der Waals surface area contributed by atoms with Gasteiger partial charge in [0.25, 0.3) is 0 Å². The molecule has 1 aliphatic heterocycles. The molecule has 0 saturated heterocycles. The number of allylic oxidation sites excluding steroid dienone is 1. The molecule has 1 heterocycles. The molecule has 0 radical (unpaired) electrons. The summed E-state index contributed by atoms with van der Waals surface area (Å²) in [6, 6.07) is 7.70. The maximum atomic E-state index is 13.0. The van der Waals surface area contributed by atoms with Gasteiger partial charge in [0.1, 0.15) is 11.5 Å². The zero-order valence-corrected chi connectivity index (χ0v) is 17.2. The van der Waals surface area contributed by atoms with E-state index in [9.17, 15) is 9.59 Å². The number of hydrogen-bond donors (Lipinski definition) is 0. The molecule has 0 N–H and O–H groups in total. The molecule has 28 heavy (non-hydrogen) atoms. The van der Waals surface area contributed by atoms with Crippen LogP contribution in [0.1, 0.15) is 64.9 Å². The molecule has 1 aromatic rings. The van der Waals surface area contributed by atoms with E-state index in [0.717, 1.165) is 36.3 Å². The Hall–Kier alpha value is -2.43. The average molecular weight is 383 g/mol. The second-order valence-corrected chi connectivity index (χ2v) is 7.72. The quantitative estimate of drug-likeness (QED) is 0.673. The van der Waals surface area contributed by atoms with Gasteiger partial charge >= 0.3 is 5.97 Å². The van der Waals surface area contributed by atoms with Crippen molar-refractivity contribution < 1.29 is 19.1 Å². The SMILES string of the molecule is CCCOc1ccccc1[C@H]1C(C(=O)OC(C)C)=C(C)N=C2CCCC(=O)C21.